The van der Waals surface area contributed by atoms with E-state index in [2.05, 4.69) is 41.4 Å². The van der Waals surface area contributed by atoms with Gasteiger partial charge in [0.05, 0.1) is 0 Å². The van der Waals surface area contributed by atoms with Crippen molar-refractivity contribution in [3.05, 3.63) is 77.9 Å². The first kappa shape index (κ1) is 11.8. The number of benzene rings is 3. The van der Waals surface area contributed by atoms with Crippen LogP contribution in [0.1, 0.15) is 11.1 Å². The number of aromatic nitrogens is 1. The molecule has 0 fully saturated rings. The molecule has 0 radical (unpaired) electrons. The molecule has 104 valence electrons. The molecule has 2 heteroatoms. The van der Waals surface area contributed by atoms with E-state index in [4.69, 9.17) is 4.42 Å². The van der Waals surface area contributed by atoms with Crippen molar-refractivity contribution in [3.8, 4) is 22.6 Å². The Hall–Kier alpha value is -2.87. The highest BCUT2D eigenvalue weighted by Crippen LogP contribution is 2.39. The van der Waals surface area contributed by atoms with Crippen LogP contribution in [0.4, 0.5) is 0 Å². The standard InChI is InChI=1S/C20H13NO/c1-2-6-13(7-3-1)20-21-18-12-17-15(11-19(18)22-20)10-14-8-4-5-9-16(14)17/h1-9,11-12H,10H2. The van der Waals surface area contributed by atoms with Gasteiger partial charge in [-0.25, -0.2) is 4.98 Å². The van der Waals surface area contributed by atoms with Gasteiger partial charge in [-0.05, 0) is 52.9 Å². The van der Waals surface area contributed by atoms with Crippen molar-refractivity contribution < 1.29 is 4.42 Å². The first-order valence-electron chi connectivity index (χ1n) is 7.46. The summed E-state index contributed by atoms with van der Waals surface area (Å²) in [7, 11) is 0. The van der Waals surface area contributed by atoms with Gasteiger partial charge in [0.1, 0.15) is 5.52 Å². The molecule has 1 aromatic heterocycles. The molecule has 0 unspecified atom stereocenters. The molecular formula is C20H13NO. The van der Waals surface area contributed by atoms with Crippen molar-refractivity contribution in [1.82, 2.24) is 4.98 Å². The third-order valence-electron chi connectivity index (χ3n) is 4.32. The number of fused-ring (bicyclic) bond motifs is 4. The maximum atomic E-state index is 5.97. The van der Waals surface area contributed by atoms with E-state index in [1.165, 1.54) is 22.3 Å². The molecule has 1 aliphatic carbocycles. The second-order valence-corrected chi connectivity index (χ2v) is 5.70. The van der Waals surface area contributed by atoms with E-state index in [0.29, 0.717) is 5.89 Å². The first-order valence-corrected chi connectivity index (χ1v) is 7.46. The van der Waals surface area contributed by atoms with E-state index in [-0.39, 0.29) is 0 Å². The fraction of sp³-hybridized carbons (Fsp3) is 0.0500. The fourth-order valence-corrected chi connectivity index (χ4v) is 3.26. The normalized spacial score (nSPS) is 12.4. The van der Waals surface area contributed by atoms with E-state index in [1.807, 2.05) is 30.3 Å². The van der Waals surface area contributed by atoms with Gasteiger partial charge in [-0.3, -0.25) is 0 Å². The lowest BCUT2D eigenvalue weighted by molar-refractivity contribution is 0.619. The molecule has 0 saturated heterocycles. The molecule has 0 bridgehead atoms. The Bertz CT molecular complexity index is 999. The van der Waals surface area contributed by atoms with E-state index in [9.17, 15) is 0 Å². The minimum absolute atomic E-state index is 0.688. The lowest BCUT2D eigenvalue weighted by atomic mass is 10.1. The Morgan fingerprint density at radius 3 is 2.50 bits per heavy atom. The molecule has 0 N–H and O–H groups in total. The van der Waals surface area contributed by atoms with Crippen LogP contribution >= 0.6 is 0 Å². The van der Waals surface area contributed by atoms with Gasteiger partial charge < -0.3 is 4.42 Å². The SMILES string of the molecule is c1ccc(-c2nc3cc4c(cc3o2)Cc2ccccc2-4)cc1. The summed E-state index contributed by atoms with van der Waals surface area (Å²) in [6, 6.07) is 22.9. The van der Waals surface area contributed by atoms with Crippen molar-refractivity contribution in [2.45, 2.75) is 6.42 Å². The summed E-state index contributed by atoms with van der Waals surface area (Å²) in [6.45, 7) is 0. The number of hydrogen-bond donors (Lipinski definition) is 0. The van der Waals surface area contributed by atoms with Crippen molar-refractivity contribution in [1.29, 1.82) is 0 Å². The van der Waals surface area contributed by atoms with E-state index < -0.39 is 0 Å². The molecule has 0 amide bonds. The van der Waals surface area contributed by atoms with Crippen LogP contribution in [0.3, 0.4) is 0 Å². The van der Waals surface area contributed by atoms with Crippen molar-refractivity contribution in [3.63, 3.8) is 0 Å². The van der Waals surface area contributed by atoms with Crippen LogP contribution in [-0.2, 0) is 6.42 Å². The average molecular weight is 283 g/mol. The van der Waals surface area contributed by atoms with Gasteiger partial charge in [-0.15, -0.1) is 0 Å². The van der Waals surface area contributed by atoms with Crippen molar-refractivity contribution in [2.75, 3.05) is 0 Å². The molecule has 1 aliphatic rings. The number of oxazole rings is 1. The number of rotatable bonds is 1. The molecular weight excluding hydrogens is 270 g/mol. The van der Waals surface area contributed by atoms with Crippen LogP contribution in [0.5, 0.6) is 0 Å². The Labute approximate surface area is 128 Å². The Balaban J connectivity index is 1.71. The highest BCUT2D eigenvalue weighted by atomic mass is 16.3. The monoisotopic (exact) mass is 283 g/mol. The molecule has 0 aliphatic heterocycles. The molecule has 0 saturated carbocycles. The van der Waals surface area contributed by atoms with E-state index in [1.54, 1.807) is 0 Å². The van der Waals surface area contributed by atoms with Gasteiger partial charge in [0.2, 0.25) is 5.89 Å². The minimum atomic E-state index is 0.688. The largest absolute Gasteiger partial charge is 0.436 e. The average Bonchev–Trinajstić information content (AvgIpc) is 3.14. The third kappa shape index (κ3) is 1.64. The quantitative estimate of drug-likeness (QED) is 0.429. The summed E-state index contributed by atoms with van der Waals surface area (Å²) in [5.41, 5.74) is 8.12. The van der Waals surface area contributed by atoms with Gasteiger partial charge >= 0.3 is 0 Å². The summed E-state index contributed by atoms with van der Waals surface area (Å²) in [5, 5.41) is 0. The van der Waals surface area contributed by atoms with Crippen LogP contribution in [0.2, 0.25) is 0 Å². The van der Waals surface area contributed by atoms with E-state index in [0.717, 1.165) is 23.1 Å². The first-order chi connectivity index (χ1) is 10.9. The van der Waals surface area contributed by atoms with Crippen LogP contribution in [-0.4, -0.2) is 4.98 Å². The van der Waals surface area contributed by atoms with Gasteiger partial charge in [0.25, 0.3) is 0 Å². The second-order valence-electron chi connectivity index (χ2n) is 5.70. The maximum Gasteiger partial charge on any atom is 0.227 e. The predicted molar refractivity (Wildman–Crippen MR) is 87.7 cm³/mol. The summed E-state index contributed by atoms with van der Waals surface area (Å²) < 4.78 is 5.97. The highest BCUT2D eigenvalue weighted by Gasteiger charge is 2.20. The highest BCUT2D eigenvalue weighted by molar-refractivity contribution is 5.88. The third-order valence-corrected chi connectivity index (χ3v) is 4.32. The van der Waals surface area contributed by atoms with Crippen LogP contribution in [0.25, 0.3) is 33.7 Å². The Kier molecular flexibility index (Phi) is 2.30. The molecule has 2 nitrogen and oxygen atoms in total. The summed E-state index contributed by atoms with van der Waals surface area (Å²) in [6.07, 6.45) is 0.975. The second kappa shape index (κ2) is 4.31. The summed E-state index contributed by atoms with van der Waals surface area (Å²) in [4.78, 5) is 4.67. The topological polar surface area (TPSA) is 26.0 Å². The summed E-state index contributed by atoms with van der Waals surface area (Å²) in [5.74, 6) is 0.688. The maximum absolute atomic E-state index is 5.97. The number of nitrogens with zero attached hydrogens (tertiary/aromatic N) is 1. The zero-order chi connectivity index (χ0) is 14.5. The number of hydrogen-bond acceptors (Lipinski definition) is 2. The lowest BCUT2D eigenvalue weighted by Gasteiger charge is -1.99. The molecule has 4 aromatic rings. The smallest absolute Gasteiger partial charge is 0.227 e. The molecule has 22 heavy (non-hydrogen) atoms. The van der Waals surface area contributed by atoms with Crippen molar-refractivity contribution >= 4 is 11.1 Å². The molecule has 0 atom stereocenters. The summed E-state index contributed by atoms with van der Waals surface area (Å²) >= 11 is 0. The van der Waals surface area contributed by atoms with Crippen LogP contribution < -0.4 is 0 Å². The lowest BCUT2D eigenvalue weighted by Crippen LogP contribution is -1.79. The molecule has 3 aromatic carbocycles. The molecule has 0 spiro atoms. The minimum Gasteiger partial charge on any atom is -0.436 e. The molecule has 5 rings (SSSR count). The van der Waals surface area contributed by atoms with Gasteiger partial charge in [0.15, 0.2) is 5.58 Å². The Morgan fingerprint density at radius 1 is 0.773 bits per heavy atom. The predicted octanol–water partition coefficient (Wildman–Crippen LogP) is 5.07. The molecule has 1 heterocycles. The van der Waals surface area contributed by atoms with E-state index >= 15 is 0 Å². The van der Waals surface area contributed by atoms with Gasteiger partial charge in [0, 0.05) is 5.56 Å². The van der Waals surface area contributed by atoms with Crippen LogP contribution in [0, 0.1) is 0 Å². The van der Waals surface area contributed by atoms with Gasteiger partial charge in [-0.2, -0.15) is 0 Å². The fourth-order valence-electron chi connectivity index (χ4n) is 3.26. The zero-order valence-corrected chi connectivity index (χ0v) is 11.9. The van der Waals surface area contributed by atoms with Gasteiger partial charge in [-0.1, -0.05) is 42.5 Å². The zero-order valence-electron chi connectivity index (χ0n) is 11.9. The van der Waals surface area contributed by atoms with Crippen molar-refractivity contribution in [2.24, 2.45) is 0 Å². The Morgan fingerprint density at radius 2 is 1.59 bits per heavy atom. The van der Waals surface area contributed by atoms with Crippen LogP contribution in [0.15, 0.2) is 71.1 Å².